The molecular weight excluding hydrogens is 688 g/mol. The third-order valence-corrected chi connectivity index (χ3v) is 9.26. The summed E-state index contributed by atoms with van der Waals surface area (Å²) < 4.78 is 0. The summed E-state index contributed by atoms with van der Waals surface area (Å²) in [6.45, 7) is 1.76. The Kier molecular flexibility index (Phi) is 12.3. The average molecular weight is 733 g/mol. The molecule has 3 heterocycles. The van der Waals surface area contributed by atoms with Gasteiger partial charge in [-0.15, -0.1) is 0 Å². The molecule has 0 aliphatic carbocycles. The summed E-state index contributed by atoms with van der Waals surface area (Å²) in [7, 11) is 0. The van der Waals surface area contributed by atoms with E-state index in [4.69, 9.17) is 0 Å². The fraction of sp³-hybridized carbons (Fsp3) is 0.417. The lowest BCUT2D eigenvalue weighted by atomic mass is 10.0. The van der Waals surface area contributed by atoms with Crippen LogP contribution in [0.1, 0.15) is 43.9 Å². The highest BCUT2D eigenvalue weighted by molar-refractivity contribution is 5.97. The van der Waals surface area contributed by atoms with Gasteiger partial charge in [0.2, 0.25) is 41.4 Å². The first-order chi connectivity index (χ1) is 25.3. The molecule has 17 nitrogen and oxygen atoms in total. The standard InChI is InChI=1S/C36H44N8O9/c1-19(2)30-34(51)39-18-29(48)43-31(32(49)20-9-11-22(45)12-10-20)35(52)40-16-27(46)41-25(14-21-15-37-24-7-4-3-6-23(21)24)36(53)44-13-5-8-26(44)33(50)38-17-28(47)42-30/h3-4,6-7,9-12,15,19,25-26,30-32,37,45,49H,5,8,13-14,16-18H2,1-2H3,(H,38,50)(H,39,51)(H,40,52)(H,41,46)(H,42,47)(H,43,48)/t25-,26-,30-,31-,32-/m0/s1. The summed E-state index contributed by atoms with van der Waals surface area (Å²) in [6.07, 6.45) is 0.903. The van der Waals surface area contributed by atoms with E-state index in [0.29, 0.717) is 18.4 Å². The van der Waals surface area contributed by atoms with Gasteiger partial charge in [0, 0.05) is 30.1 Å². The Morgan fingerprint density at radius 2 is 1.34 bits per heavy atom. The molecule has 5 atom stereocenters. The highest BCUT2D eigenvalue weighted by Gasteiger charge is 2.39. The minimum Gasteiger partial charge on any atom is -0.508 e. The van der Waals surface area contributed by atoms with Gasteiger partial charge >= 0.3 is 0 Å². The van der Waals surface area contributed by atoms with E-state index in [-0.39, 0.29) is 24.3 Å². The van der Waals surface area contributed by atoms with Crippen LogP contribution in [0.25, 0.3) is 10.9 Å². The van der Waals surface area contributed by atoms with Crippen molar-refractivity contribution in [3.05, 3.63) is 65.9 Å². The molecule has 2 saturated heterocycles. The Morgan fingerprint density at radius 3 is 2.00 bits per heavy atom. The Morgan fingerprint density at radius 1 is 0.755 bits per heavy atom. The molecule has 1 aromatic heterocycles. The highest BCUT2D eigenvalue weighted by Crippen LogP contribution is 2.23. The quantitative estimate of drug-likeness (QED) is 0.150. The number of aromatic hydroxyl groups is 1. The van der Waals surface area contributed by atoms with Gasteiger partial charge in [-0.25, -0.2) is 0 Å². The number of nitrogens with one attached hydrogen (secondary N) is 7. The van der Waals surface area contributed by atoms with Crippen molar-refractivity contribution in [1.82, 2.24) is 41.8 Å². The van der Waals surface area contributed by atoms with Gasteiger partial charge in [0.05, 0.1) is 19.6 Å². The fourth-order valence-corrected chi connectivity index (χ4v) is 6.44. The zero-order valence-corrected chi connectivity index (χ0v) is 29.3. The molecule has 0 unspecified atom stereocenters. The number of amides is 7. The Bertz CT molecular complexity index is 1860. The number of hydrogen-bond acceptors (Lipinski definition) is 9. The molecule has 2 fully saturated rings. The molecule has 7 amide bonds. The second-order valence-electron chi connectivity index (χ2n) is 13.4. The van der Waals surface area contributed by atoms with Gasteiger partial charge in [-0.05, 0) is 48.1 Å². The molecule has 2 aliphatic heterocycles. The van der Waals surface area contributed by atoms with Gasteiger partial charge in [0.15, 0.2) is 0 Å². The number of benzene rings is 2. The van der Waals surface area contributed by atoms with Crippen LogP contribution in [0.3, 0.4) is 0 Å². The summed E-state index contributed by atoms with van der Waals surface area (Å²) in [5.74, 6) is -5.68. The van der Waals surface area contributed by atoms with Crippen molar-refractivity contribution in [1.29, 1.82) is 0 Å². The maximum atomic E-state index is 14.1. The van der Waals surface area contributed by atoms with Gasteiger partial charge in [-0.2, -0.15) is 0 Å². The first-order valence-corrected chi connectivity index (χ1v) is 17.4. The van der Waals surface area contributed by atoms with E-state index in [1.54, 1.807) is 20.0 Å². The number of H-pyrrole nitrogens is 1. The normalized spacial score (nSPS) is 23.5. The molecule has 53 heavy (non-hydrogen) atoms. The largest absolute Gasteiger partial charge is 0.508 e. The number of aromatic nitrogens is 1. The number of para-hydroxylation sites is 1. The average Bonchev–Trinajstić information content (AvgIpc) is 3.80. The van der Waals surface area contributed by atoms with Gasteiger partial charge < -0.3 is 52.0 Å². The summed E-state index contributed by atoms with van der Waals surface area (Å²) in [5.41, 5.74) is 1.68. The summed E-state index contributed by atoms with van der Waals surface area (Å²) in [4.78, 5) is 97.9. The molecule has 5 rings (SSSR count). The van der Waals surface area contributed by atoms with Gasteiger partial charge in [0.1, 0.15) is 36.0 Å². The molecule has 0 saturated carbocycles. The zero-order chi connectivity index (χ0) is 38.2. The number of carbonyl (C=O) groups excluding carboxylic acids is 7. The monoisotopic (exact) mass is 732 g/mol. The Balaban J connectivity index is 1.44. The van der Waals surface area contributed by atoms with Crippen molar-refractivity contribution in [3.8, 4) is 5.75 Å². The second-order valence-corrected chi connectivity index (χ2v) is 13.4. The van der Waals surface area contributed by atoms with E-state index in [1.807, 2.05) is 24.3 Å². The van der Waals surface area contributed by atoms with Crippen LogP contribution in [0, 0.1) is 5.92 Å². The van der Waals surface area contributed by atoms with E-state index in [9.17, 15) is 43.8 Å². The molecule has 0 radical (unpaired) electrons. The predicted molar refractivity (Wildman–Crippen MR) is 189 cm³/mol. The maximum absolute atomic E-state index is 14.1. The third-order valence-electron chi connectivity index (χ3n) is 9.26. The second kappa shape index (κ2) is 17.0. The van der Waals surface area contributed by atoms with Crippen LogP contribution in [-0.2, 0) is 40.0 Å². The van der Waals surface area contributed by atoms with Crippen molar-refractivity contribution < 1.29 is 43.8 Å². The molecule has 3 aromatic rings. The van der Waals surface area contributed by atoms with Crippen LogP contribution in [0.15, 0.2) is 54.7 Å². The van der Waals surface area contributed by atoms with E-state index in [2.05, 4.69) is 36.9 Å². The van der Waals surface area contributed by atoms with E-state index in [1.165, 1.54) is 29.2 Å². The molecule has 282 valence electrons. The lowest BCUT2D eigenvalue weighted by molar-refractivity contribution is -0.141. The number of hydrogen-bond donors (Lipinski definition) is 9. The Labute approximate surface area is 304 Å². The van der Waals surface area contributed by atoms with Crippen molar-refractivity contribution in [3.63, 3.8) is 0 Å². The smallest absolute Gasteiger partial charge is 0.246 e. The van der Waals surface area contributed by atoms with Crippen LogP contribution in [0.2, 0.25) is 0 Å². The van der Waals surface area contributed by atoms with Crippen molar-refractivity contribution in [2.75, 3.05) is 26.2 Å². The number of fused-ring (bicyclic) bond motifs is 2. The fourth-order valence-electron chi connectivity index (χ4n) is 6.44. The summed E-state index contributed by atoms with van der Waals surface area (Å²) in [5, 5.41) is 36.7. The van der Waals surface area contributed by atoms with Gasteiger partial charge in [-0.3, -0.25) is 33.6 Å². The van der Waals surface area contributed by atoms with E-state index >= 15 is 0 Å². The molecule has 9 N–H and O–H groups in total. The summed E-state index contributed by atoms with van der Waals surface area (Å²) in [6, 6.07) is 7.76. The molecule has 17 heteroatoms. The molecule has 2 aliphatic rings. The molecular formula is C36H44N8O9. The van der Waals surface area contributed by atoms with E-state index < -0.39 is 97.2 Å². The van der Waals surface area contributed by atoms with Crippen LogP contribution < -0.4 is 31.9 Å². The molecule has 2 aromatic carbocycles. The number of phenols is 1. The lowest BCUT2D eigenvalue weighted by Crippen LogP contribution is -2.56. The SMILES string of the molecule is CC(C)[C@@H]1NC(=O)CNC(=O)[C@@H]2CCCN2C(=O)[C@H](Cc2c[nH]c3ccccc23)NC(=O)CNC(=O)[C@H]([C@@H](O)c2ccc(O)cc2)NC(=O)CNC1=O. The number of nitrogens with zero attached hydrogens (tertiary/aromatic N) is 1. The predicted octanol–water partition coefficient (Wildman–Crippen LogP) is -1.39. The van der Waals surface area contributed by atoms with Gasteiger partial charge in [0.25, 0.3) is 0 Å². The van der Waals surface area contributed by atoms with Crippen LogP contribution in [0.5, 0.6) is 5.75 Å². The van der Waals surface area contributed by atoms with Crippen molar-refractivity contribution >= 4 is 52.3 Å². The van der Waals surface area contributed by atoms with Crippen LogP contribution in [-0.4, -0.2) is 112 Å². The number of rotatable bonds is 5. The summed E-state index contributed by atoms with van der Waals surface area (Å²) >= 11 is 0. The van der Waals surface area contributed by atoms with Gasteiger partial charge in [-0.1, -0.05) is 44.2 Å². The number of aliphatic hydroxyl groups excluding tert-OH is 1. The maximum Gasteiger partial charge on any atom is 0.246 e. The number of carbonyl (C=O) groups is 7. The molecule has 0 spiro atoms. The topological polar surface area (TPSA) is 251 Å². The number of phenolic OH excluding ortho intramolecular Hbond substituents is 1. The first kappa shape index (κ1) is 38.3. The van der Waals surface area contributed by atoms with Crippen LogP contribution >= 0.6 is 0 Å². The lowest BCUT2D eigenvalue weighted by Gasteiger charge is -2.29. The third kappa shape index (κ3) is 9.48. The minimum absolute atomic E-state index is 0.0334. The molecule has 0 bridgehead atoms. The zero-order valence-electron chi connectivity index (χ0n) is 29.3. The number of aromatic amines is 1. The first-order valence-electron chi connectivity index (χ1n) is 17.4. The Hall–Kier alpha value is -5.97. The minimum atomic E-state index is -1.67. The van der Waals surface area contributed by atoms with Crippen molar-refractivity contribution in [2.45, 2.75) is 63.4 Å². The highest BCUT2D eigenvalue weighted by atomic mass is 16.3. The van der Waals surface area contributed by atoms with E-state index in [0.717, 1.165) is 10.9 Å². The van der Waals surface area contributed by atoms with Crippen LogP contribution in [0.4, 0.5) is 0 Å². The van der Waals surface area contributed by atoms with Crippen molar-refractivity contribution in [2.24, 2.45) is 5.92 Å². The number of aliphatic hydroxyl groups is 1.